The summed E-state index contributed by atoms with van der Waals surface area (Å²) in [5, 5.41) is 4.73. The van der Waals surface area contributed by atoms with Gasteiger partial charge in [-0.05, 0) is 31.2 Å². The van der Waals surface area contributed by atoms with Crippen molar-refractivity contribution in [1.82, 2.24) is 15.3 Å². The van der Waals surface area contributed by atoms with Crippen LogP contribution >= 0.6 is 23.2 Å². The van der Waals surface area contributed by atoms with Crippen LogP contribution in [-0.4, -0.2) is 22.6 Å². The van der Waals surface area contributed by atoms with E-state index in [1.54, 1.807) is 12.1 Å². The molecule has 108 valence electrons. The Balaban J connectivity index is 2.00. The Morgan fingerprint density at radius 2 is 2.10 bits per heavy atom. The average Bonchev–Trinajstić information content (AvgIpc) is 2.86. The molecule has 2 N–H and O–H groups in total. The molecule has 2 aromatic rings. The lowest BCUT2D eigenvalue weighted by molar-refractivity contribution is 0.567. The second kappa shape index (κ2) is 7.11. The van der Waals surface area contributed by atoms with Gasteiger partial charge in [-0.25, -0.2) is 4.98 Å². The van der Waals surface area contributed by atoms with Crippen LogP contribution in [0.5, 0.6) is 0 Å². The first-order chi connectivity index (χ1) is 9.56. The number of aromatic amines is 1. The molecule has 0 saturated carbocycles. The topological polar surface area (TPSA) is 40.7 Å². The third kappa shape index (κ3) is 4.23. The number of imidazole rings is 1. The Hall–Kier alpha value is -1.03. The van der Waals surface area contributed by atoms with Crippen molar-refractivity contribution in [3.05, 3.63) is 40.3 Å². The van der Waals surface area contributed by atoms with Crippen LogP contribution in [0.15, 0.2) is 24.4 Å². The van der Waals surface area contributed by atoms with Gasteiger partial charge in [-0.15, -0.1) is 0 Å². The smallest absolute Gasteiger partial charge is 0.106 e. The van der Waals surface area contributed by atoms with Gasteiger partial charge in [0.05, 0.1) is 16.9 Å². The first kappa shape index (κ1) is 15.4. The molecule has 0 amide bonds. The number of nitrogens with zero attached hydrogens (tertiary/aromatic N) is 1. The quantitative estimate of drug-likeness (QED) is 0.780. The zero-order valence-corrected chi connectivity index (χ0v) is 13.2. The average molecular weight is 312 g/mol. The van der Waals surface area contributed by atoms with Crippen molar-refractivity contribution in [3.8, 4) is 11.3 Å². The van der Waals surface area contributed by atoms with Crippen molar-refractivity contribution in [3.63, 3.8) is 0 Å². The summed E-state index contributed by atoms with van der Waals surface area (Å²) in [4.78, 5) is 7.70. The molecular formula is C15H19Cl2N3. The highest BCUT2D eigenvalue weighted by Crippen LogP contribution is 2.29. The molecule has 20 heavy (non-hydrogen) atoms. The Bertz CT molecular complexity index is 564. The normalized spacial score (nSPS) is 11.2. The Morgan fingerprint density at radius 3 is 2.85 bits per heavy atom. The molecule has 0 bridgehead atoms. The minimum absolute atomic E-state index is 0.521. The molecular weight excluding hydrogens is 293 g/mol. The van der Waals surface area contributed by atoms with Crippen molar-refractivity contribution >= 4 is 23.2 Å². The van der Waals surface area contributed by atoms with E-state index in [2.05, 4.69) is 29.1 Å². The van der Waals surface area contributed by atoms with Gasteiger partial charge in [0.25, 0.3) is 0 Å². The Labute approximate surface area is 129 Å². The van der Waals surface area contributed by atoms with Crippen molar-refractivity contribution in [2.75, 3.05) is 6.54 Å². The SMILES string of the molecule is CC(C)NCCCc1ncc(-c2cc(Cl)ccc2Cl)[nH]1. The zero-order chi connectivity index (χ0) is 14.5. The monoisotopic (exact) mass is 311 g/mol. The van der Waals surface area contributed by atoms with Crippen molar-refractivity contribution < 1.29 is 0 Å². The van der Waals surface area contributed by atoms with Gasteiger partial charge in [0.2, 0.25) is 0 Å². The van der Waals surface area contributed by atoms with E-state index in [0.29, 0.717) is 16.1 Å². The summed E-state index contributed by atoms with van der Waals surface area (Å²) >= 11 is 12.2. The molecule has 0 saturated heterocycles. The highest BCUT2D eigenvalue weighted by molar-refractivity contribution is 6.35. The first-order valence-corrected chi connectivity index (χ1v) is 7.54. The standard InChI is InChI=1S/C15H19Cl2N3/c1-10(2)18-7-3-4-15-19-9-14(20-15)12-8-11(16)5-6-13(12)17/h5-6,8-10,18H,3-4,7H2,1-2H3,(H,19,20). The lowest BCUT2D eigenvalue weighted by Gasteiger charge is -2.06. The van der Waals surface area contributed by atoms with Gasteiger partial charge >= 0.3 is 0 Å². The van der Waals surface area contributed by atoms with Crippen LogP contribution < -0.4 is 5.32 Å². The molecule has 1 aromatic heterocycles. The van der Waals surface area contributed by atoms with Gasteiger partial charge in [-0.2, -0.15) is 0 Å². The van der Waals surface area contributed by atoms with Crippen LogP contribution in [0.1, 0.15) is 26.1 Å². The summed E-state index contributed by atoms with van der Waals surface area (Å²) in [6.07, 6.45) is 3.77. The summed E-state index contributed by atoms with van der Waals surface area (Å²) < 4.78 is 0. The first-order valence-electron chi connectivity index (χ1n) is 6.79. The van der Waals surface area contributed by atoms with E-state index in [1.807, 2.05) is 12.3 Å². The minimum atomic E-state index is 0.521. The Morgan fingerprint density at radius 1 is 1.30 bits per heavy atom. The molecule has 0 aliphatic carbocycles. The number of hydrogen-bond donors (Lipinski definition) is 2. The number of aromatic nitrogens is 2. The summed E-state index contributed by atoms with van der Waals surface area (Å²) in [6, 6.07) is 5.95. The number of rotatable bonds is 6. The summed E-state index contributed by atoms with van der Waals surface area (Å²) in [5.74, 6) is 0.974. The third-order valence-electron chi connectivity index (χ3n) is 2.99. The molecule has 1 aromatic carbocycles. The predicted molar refractivity (Wildman–Crippen MR) is 85.5 cm³/mol. The summed E-state index contributed by atoms with van der Waals surface area (Å²) in [7, 11) is 0. The van der Waals surface area contributed by atoms with Gasteiger partial charge in [0.1, 0.15) is 5.82 Å². The van der Waals surface area contributed by atoms with Gasteiger partial charge < -0.3 is 10.3 Å². The number of halogens is 2. The van der Waals surface area contributed by atoms with Gasteiger partial charge in [-0.1, -0.05) is 37.0 Å². The lowest BCUT2D eigenvalue weighted by Crippen LogP contribution is -2.24. The molecule has 0 aliphatic rings. The number of nitrogens with one attached hydrogen (secondary N) is 2. The van der Waals surface area contributed by atoms with E-state index >= 15 is 0 Å². The van der Waals surface area contributed by atoms with E-state index in [0.717, 1.165) is 36.5 Å². The molecule has 0 aliphatic heterocycles. The maximum atomic E-state index is 6.19. The zero-order valence-electron chi connectivity index (χ0n) is 11.7. The molecule has 2 rings (SSSR count). The minimum Gasteiger partial charge on any atom is -0.342 e. The van der Waals surface area contributed by atoms with Crippen molar-refractivity contribution in [2.45, 2.75) is 32.7 Å². The van der Waals surface area contributed by atoms with Gasteiger partial charge in [0.15, 0.2) is 0 Å². The van der Waals surface area contributed by atoms with Crippen molar-refractivity contribution in [2.24, 2.45) is 0 Å². The second-order valence-corrected chi connectivity index (χ2v) is 5.92. The summed E-state index contributed by atoms with van der Waals surface area (Å²) in [5.41, 5.74) is 1.79. The molecule has 1 heterocycles. The molecule has 0 radical (unpaired) electrons. The number of aryl methyl sites for hydroxylation is 1. The predicted octanol–water partition coefficient (Wildman–Crippen LogP) is 4.31. The van der Waals surface area contributed by atoms with Gasteiger partial charge in [0, 0.05) is 23.0 Å². The molecule has 0 unspecified atom stereocenters. The maximum Gasteiger partial charge on any atom is 0.106 e. The number of H-pyrrole nitrogens is 1. The van der Waals surface area contributed by atoms with Crippen LogP contribution in [0.25, 0.3) is 11.3 Å². The van der Waals surface area contributed by atoms with E-state index in [1.165, 1.54) is 0 Å². The second-order valence-electron chi connectivity index (χ2n) is 5.08. The van der Waals surface area contributed by atoms with Crippen LogP contribution in [-0.2, 0) is 6.42 Å². The fourth-order valence-electron chi connectivity index (χ4n) is 1.98. The van der Waals surface area contributed by atoms with Gasteiger partial charge in [-0.3, -0.25) is 0 Å². The molecule has 5 heteroatoms. The highest BCUT2D eigenvalue weighted by atomic mass is 35.5. The lowest BCUT2D eigenvalue weighted by atomic mass is 10.2. The fourth-order valence-corrected chi connectivity index (χ4v) is 2.37. The van der Waals surface area contributed by atoms with Crippen LogP contribution in [0.2, 0.25) is 10.0 Å². The number of benzene rings is 1. The highest BCUT2D eigenvalue weighted by Gasteiger charge is 2.08. The third-order valence-corrected chi connectivity index (χ3v) is 3.55. The summed E-state index contributed by atoms with van der Waals surface area (Å²) in [6.45, 7) is 5.28. The Kier molecular flexibility index (Phi) is 5.46. The van der Waals surface area contributed by atoms with E-state index in [-0.39, 0.29) is 0 Å². The molecule has 0 spiro atoms. The number of hydrogen-bond acceptors (Lipinski definition) is 2. The van der Waals surface area contributed by atoms with Crippen LogP contribution in [0, 0.1) is 0 Å². The molecule has 3 nitrogen and oxygen atoms in total. The maximum absolute atomic E-state index is 6.19. The molecule has 0 fully saturated rings. The molecule has 0 atom stereocenters. The van der Waals surface area contributed by atoms with E-state index in [4.69, 9.17) is 23.2 Å². The van der Waals surface area contributed by atoms with Crippen LogP contribution in [0.3, 0.4) is 0 Å². The van der Waals surface area contributed by atoms with Crippen molar-refractivity contribution in [1.29, 1.82) is 0 Å². The largest absolute Gasteiger partial charge is 0.342 e. The van der Waals surface area contributed by atoms with Crippen LogP contribution in [0.4, 0.5) is 0 Å². The fraction of sp³-hybridized carbons (Fsp3) is 0.400. The van der Waals surface area contributed by atoms with E-state index < -0.39 is 0 Å². The van der Waals surface area contributed by atoms with E-state index in [9.17, 15) is 0 Å².